The van der Waals surface area contributed by atoms with Gasteiger partial charge in [0.05, 0.1) is 4.92 Å². The molecule has 0 aliphatic heterocycles. The third kappa shape index (κ3) is 2.71. The zero-order valence-electron chi connectivity index (χ0n) is 9.76. The van der Waals surface area contributed by atoms with Gasteiger partial charge >= 0.3 is 0 Å². The van der Waals surface area contributed by atoms with Crippen molar-refractivity contribution in [2.75, 3.05) is 0 Å². The summed E-state index contributed by atoms with van der Waals surface area (Å²) in [4.78, 5) is 22.0. The van der Waals surface area contributed by atoms with Gasteiger partial charge in [-0.3, -0.25) is 14.9 Å². The third-order valence-corrected chi connectivity index (χ3v) is 2.84. The second-order valence-electron chi connectivity index (χ2n) is 4.10. The maximum absolute atomic E-state index is 11.8. The average molecular weight is 247 g/mol. The van der Waals surface area contributed by atoms with Crippen LogP contribution >= 0.6 is 0 Å². The van der Waals surface area contributed by atoms with Crippen LogP contribution < -0.4 is 5.43 Å². The zero-order chi connectivity index (χ0) is 13.0. The third-order valence-electron chi connectivity index (χ3n) is 2.84. The molecule has 6 nitrogen and oxygen atoms in total. The molecule has 1 amide bonds. The van der Waals surface area contributed by atoms with Crippen LogP contribution in [0.2, 0.25) is 0 Å². The molecular weight excluding hydrogens is 234 g/mol. The van der Waals surface area contributed by atoms with Crippen LogP contribution in [0.25, 0.3) is 0 Å². The molecule has 0 heterocycles. The monoisotopic (exact) mass is 247 g/mol. The number of amides is 1. The number of rotatable bonds is 3. The van der Waals surface area contributed by atoms with Gasteiger partial charge in [-0.05, 0) is 31.7 Å². The minimum atomic E-state index is -0.572. The summed E-state index contributed by atoms with van der Waals surface area (Å²) in [6.45, 7) is 0. The number of nitro benzene ring substituents is 1. The smallest absolute Gasteiger partial charge is 0.267 e. The Balaban J connectivity index is 2.13. The number of hydrogen-bond acceptors (Lipinski definition) is 4. The first-order valence-corrected chi connectivity index (χ1v) is 5.77. The Hall–Kier alpha value is -2.24. The van der Waals surface area contributed by atoms with Crippen LogP contribution in [0.3, 0.4) is 0 Å². The number of carbonyl (C=O) groups excluding carboxylic acids is 1. The van der Waals surface area contributed by atoms with Crippen molar-refractivity contribution in [1.82, 2.24) is 5.43 Å². The highest BCUT2D eigenvalue weighted by atomic mass is 16.6. The van der Waals surface area contributed by atoms with Crippen LogP contribution in [0.5, 0.6) is 0 Å². The normalized spacial score (nSPS) is 14.3. The molecule has 0 spiro atoms. The van der Waals surface area contributed by atoms with Gasteiger partial charge in [0.2, 0.25) is 0 Å². The summed E-state index contributed by atoms with van der Waals surface area (Å²) in [6, 6.07) is 5.84. The molecule has 1 aliphatic carbocycles. The van der Waals surface area contributed by atoms with E-state index in [1.807, 2.05) is 0 Å². The molecule has 18 heavy (non-hydrogen) atoms. The van der Waals surface area contributed by atoms with Crippen LogP contribution in [0.4, 0.5) is 5.69 Å². The van der Waals surface area contributed by atoms with E-state index in [0.29, 0.717) is 0 Å². The molecule has 6 heteroatoms. The lowest BCUT2D eigenvalue weighted by molar-refractivity contribution is -0.385. The molecule has 1 aromatic carbocycles. The van der Waals surface area contributed by atoms with Crippen molar-refractivity contribution in [2.45, 2.75) is 25.7 Å². The highest BCUT2D eigenvalue weighted by Crippen LogP contribution is 2.18. The highest BCUT2D eigenvalue weighted by Gasteiger charge is 2.19. The molecular formula is C12H13N3O3. The Bertz CT molecular complexity index is 503. The van der Waals surface area contributed by atoms with Gasteiger partial charge in [0, 0.05) is 11.8 Å². The lowest BCUT2D eigenvalue weighted by atomic mass is 10.2. The first-order chi connectivity index (χ1) is 8.68. The molecule has 1 N–H and O–H groups in total. The summed E-state index contributed by atoms with van der Waals surface area (Å²) in [5.41, 5.74) is 3.15. The second kappa shape index (κ2) is 5.39. The summed E-state index contributed by atoms with van der Waals surface area (Å²) in [5, 5.41) is 14.8. The molecule has 0 radical (unpaired) electrons. The fourth-order valence-electron chi connectivity index (χ4n) is 1.91. The van der Waals surface area contributed by atoms with Crippen molar-refractivity contribution in [3.63, 3.8) is 0 Å². The largest absolute Gasteiger partial charge is 0.282 e. The molecule has 0 bridgehead atoms. The van der Waals surface area contributed by atoms with Gasteiger partial charge in [-0.25, -0.2) is 5.43 Å². The van der Waals surface area contributed by atoms with Crippen LogP contribution in [0.1, 0.15) is 36.0 Å². The molecule has 1 aliphatic rings. The highest BCUT2D eigenvalue weighted by molar-refractivity contribution is 5.99. The molecule has 1 aromatic rings. The van der Waals surface area contributed by atoms with E-state index >= 15 is 0 Å². The fourth-order valence-corrected chi connectivity index (χ4v) is 1.91. The van der Waals surface area contributed by atoms with Crippen molar-refractivity contribution in [3.05, 3.63) is 39.9 Å². The number of hydrazone groups is 1. The molecule has 0 unspecified atom stereocenters. The van der Waals surface area contributed by atoms with E-state index in [1.165, 1.54) is 18.2 Å². The first-order valence-electron chi connectivity index (χ1n) is 5.77. The number of hydrogen-bond donors (Lipinski definition) is 1. The van der Waals surface area contributed by atoms with E-state index < -0.39 is 10.8 Å². The maximum atomic E-state index is 11.8. The summed E-state index contributed by atoms with van der Waals surface area (Å²) >= 11 is 0. The summed E-state index contributed by atoms with van der Waals surface area (Å²) in [7, 11) is 0. The predicted octanol–water partition coefficient (Wildman–Crippen LogP) is 2.25. The van der Waals surface area contributed by atoms with Crippen LogP contribution in [0.15, 0.2) is 29.4 Å². The standard InChI is InChI=1S/C12H13N3O3/c16-12(14-13-9-5-1-2-6-9)10-7-3-4-8-11(10)15(17)18/h3-4,7-8H,1-2,5-6H2,(H,14,16). The molecule has 1 fully saturated rings. The molecule has 0 saturated heterocycles. The number of nitrogens with zero attached hydrogens (tertiary/aromatic N) is 2. The SMILES string of the molecule is O=C(NN=C1CCCC1)c1ccccc1[N+](=O)[O-]. The lowest BCUT2D eigenvalue weighted by Gasteiger charge is -2.02. The van der Waals surface area contributed by atoms with Gasteiger partial charge in [-0.1, -0.05) is 12.1 Å². The van der Waals surface area contributed by atoms with Gasteiger partial charge in [-0.2, -0.15) is 5.10 Å². The van der Waals surface area contributed by atoms with E-state index in [0.717, 1.165) is 31.4 Å². The summed E-state index contributed by atoms with van der Waals surface area (Å²) in [6.07, 6.45) is 3.94. The summed E-state index contributed by atoms with van der Waals surface area (Å²) in [5.74, 6) is -0.540. The van der Waals surface area contributed by atoms with E-state index in [1.54, 1.807) is 6.07 Å². The number of para-hydroxylation sites is 1. The second-order valence-corrected chi connectivity index (χ2v) is 4.10. The van der Waals surface area contributed by atoms with Gasteiger partial charge in [-0.15, -0.1) is 0 Å². The van der Waals surface area contributed by atoms with E-state index in [4.69, 9.17) is 0 Å². The first kappa shape index (κ1) is 12.2. The number of nitrogens with one attached hydrogen (secondary N) is 1. The zero-order valence-corrected chi connectivity index (χ0v) is 9.76. The van der Waals surface area contributed by atoms with Crippen molar-refractivity contribution in [2.24, 2.45) is 5.10 Å². The van der Waals surface area contributed by atoms with Gasteiger partial charge in [0.25, 0.3) is 11.6 Å². The quantitative estimate of drug-likeness (QED) is 0.656. The van der Waals surface area contributed by atoms with Crippen molar-refractivity contribution >= 4 is 17.3 Å². The molecule has 0 aromatic heterocycles. The van der Waals surface area contributed by atoms with Crippen molar-refractivity contribution in [3.8, 4) is 0 Å². The Kier molecular flexibility index (Phi) is 3.66. The Morgan fingerprint density at radius 3 is 2.61 bits per heavy atom. The van der Waals surface area contributed by atoms with Crippen molar-refractivity contribution < 1.29 is 9.72 Å². The van der Waals surface area contributed by atoms with Crippen molar-refractivity contribution in [1.29, 1.82) is 0 Å². The molecule has 94 valence electrons. The minimum absolute atomic E-state index is 0.0323. The Morgan fingerprint density at radius 1 is 1.28 bits per heavy atom. The van der Waals surface area contributed by atoms with Gasteiger partial charge < -0.3 is 0 Å². The van der Waals surface area contributed by atoms with E-state index in [9.17, 15) is 14.9 Å². The number of nitro groups is 1. The van der Waals surface area contributed by atoms with Gasteiger partial charge in [0.1, 0.15) is 5.56 Å². The van der Waals surface area contributed by atoms with Crippen LogP contribution in [-0.2, 0) is 0 Å². The number of carbonyl (C=O) groups is 1. The average Bonchev–Trinajstić information content (AvgIpc) is 2.89. The van der Waals surface area contributed by atoms with E-state index in [2.05, 4.69) is 10.5 Å². The number of benzene rings is 1. The van der Waals surface area contributed by atoms with Crippen LogP contribution in [-0.4, -0.2) is 16.5 Å². The summed E-state index contributed by atoms with van der Waals surface area (Å²) < 4.78 is 0. The fraction of sp³-hybridized carbons (Fsp3) is 0.333. The van der Waals surface area contributed by atoms with Crippen LogP contribution in [0, 0.1) is 10.1 Å². The topological polar surface area (TPSA) is 84.6 Å². The molecule has 2 rings (SSSR count). The minimum Gasteiger partial charge on any atom is -0.267 e. The molecule has 1 saturated carbocycles. The predicted molar refractivity (Wildman–Crippen MR) is 66.5 cm³/mol. The Labute approximate surface area is 104 Å². The lowest BCUT2D eigenvalue weighted by Crippen LogP contribution is -2.20. The Morgan fingerprint density at radius 2 is 1.94 bits per heavy atom. The van der Waals surface area contributed by atoms with E-state index in [-0.39, 0.29) is 11.3 Å². The molecule has 0 atom stereocenters. The maximum Gasteiger partial charge on any atom is 0.282 e. The van der Waals surface area contributed by atoms with Gasteiger partial charge in [0.15, 0.2) is 0 Å².